The summed E-state index contributed by atoms with van der Waals surface area (Å²) in [4.78, 5) is 8.89. The summed E-state index contributed by atoms with van der Waals surface area (Å²) in [6, 6.07) is 8.89. The van der Waals surface area contributed by atoms with Gasteiger partial charge < -0.3 is 21.5 Å². The number of thiocarbonyl (C=S) groups is 1. The molecule has 10 heteroatoms. The third-order valence-corrected chi connectivity index (χ3v) is 8.53. The molecule has 0 aliphatic heterocycles. The average molecular weight is 434 g/mol. The van der Waals surface area contributed by atoms with Crippen molar-refractivity contribution < 1.29 is 13.5 Å². The Morgan fingerprint density at radius 1 is 1.24 bits per heavy atom. The number of nitrogen functional groups attached to an aromatic ring is 1. The predicted octanol–water partition coefficient (Wildman–Crippen LogP) is 1.57. The van der Waals surface area contributed by atoms with E-state index in [1.807, 2.05) is 24.3 Å². The molecule has 2 fully saturated rings. The number of nitrogens with zero attached hydrogens (tertiary/aromatic N) is 2. The van der Waals surface area contributed by atoms with Crippen LogP contribution in [0.15, 0.2) is 30.3 Å². The molecule has 154 valence electrons. The highest BCUT2D eigenvalue weighted by atomic mass is 32.2. The lowest BCUT2D eigenvalue weighted by molar-refractivity contribution is 0.301. The van der Waals surface area contributed by atoms with Gasteiger partial charge in [0.25, 0.3) is 0 Å². The molecule has 0 bridgehead atoms. The van der Waals surface area contributed by atoms with E-state index in [0.717, 1.165) is 24.1 Å². The predicted molar refractivity (Wildman–Crippen MR) is 116 cm³/mol. The molecule has 8 nitrogen and oxygen atoms in total. The molecule has 1 aromatic heterocycles. The Morgan fingerprint density at radius 2 is 1.93 bits per heavy atom. The number of sulfone groups is 1. The summed E-state index contributed by atoms with van der Waals surface area (Å²) in [5.74, 6) is 0.670. The van der Waals surface area contributed by atoms with Crippen molar-refractivity contribution in [1.82, 2.24) is 15.3 Å². The molecule has 5 N–H and O–H groups in total. The summed E-state index contributed by atoms with van der Waals surface area (Å²) in [6.45, 7) is 0.364. The normalized spacial score (nSPS) is 17.6. The topological polar surface area (TPSA) is 130 Å². The molecule has 2 saturated carbocycles. The maximum absolute atomic E-state index is 12.9. The first-order valence-corrected chi connectivity index (χ1v) is 11.5. The zero-order chi connectivity index (χ0) is 20.6. The highest BCUT2D eigenvalue weighted by Crippen LogP contribution is 2.57. The van der Waals surface area contributed by atoms with Crippen molar-refractivity contribution in [2.75, 3.05) is 24.2 Å². The highest BCUT2D eigenvalue weighted by molar-refractivity contribution is 7.93. The van der Waals surface area contributed by atoms with E-state index in [0.29, 0.717) is 36.0 Å². The molecule has 1 heterocycles. The number of aliphatic hydroxyl groups is 1. The first-order valence-electron chi connectivity index (χ1n) is 9.50. The summed E-state index contributed by atoms with van der Waals surface area (Å²) in [5.41, 5.74) is 8.00. The Balaban J connectivity index is 1.58. The van der Waals surface area contributed by atoms with E-state index < -0.39 is 14.6 Å². The second-order valence-corrected chi connectivity index (χ2v) is 10.4. The number of hydrogen-bond acceptors (Lipinski definition) is 7. The van der Waals surface area contributed by atoms with Crippen LogP contribution in [0, 0.1) is 0 Å². The second kappa shape index (κ2) is 7.51. The molecular formula is C19H23N5O3S2. The van der Waals surface area contributed by atoms with Crippen LogP contribution < -0.4 is 16.4 Å². The Hall–Kier alpha value is -2.30. The Kier molecular flexibility index (Phi) is 5.18. The fourth-order valence-electron chi connectivity index (χ4n) is 3.37. The number of benzene rings is 1. The van der Waals surface area contributed by atoms with Crippen LogP contribution in [0.1, 0.15) is 31.4 Å². The number of aromatic nitrogens is 2. The highest BCUT2D eigenvalue weighted by Gasteiger charge is 2.61. The van der Waals surface area contributed by atoms with Gasteiger partial charge in [0.1, 0.15) is 10.6 Å². The van der Waals surface area contributed by atoms with Gasteiger partial charge in [0.2, 0.25) is 0 Å². The molecule has 0 unspecified atom stereocenters. The van der Waals surface area contributed by atoms with Gasteiger partial charge in [0, 0.05) is 23.9 Å². The smallest absolute Gasteiger partial charge is 0.170 e. The van der Waals surface area contributed by atoms with Crippen molar-refractivity contribution in [3.05, 3.63) is 36.0 Å². The summed E-state index contributed by atoms with van der Waals surface area (Å²) in [6.07, 6.45) is 2.65. The minimum atomic E-state index is -3.25. The summed E-state index contributed by atoms with van der Waals surface area (Å²) >= 11 is 5.14. The molecule has 0 saturated heterocycles. The quantitative estimate of drug-likeness (QED) is 0.481. The molecule has 0 radical (unpaired) electrons. The Morgan fingerprint density at radius 3 is 2.52 bits per heavy atom. The molecular weight excluding hydrogens is 410 g/mol. The van der Waals surface area contributed by atoms with Gasteiger partial charge in [-0.2, -0.15) is 0 Å². The van der Waals surface area contributed by atoms with E-state index in [1.165, 1.54) is 0 Å². The first-order chi connectivity index (χ1) is 13.9. The van der Waals surface area contributed by atoms with Gasteiger partial charge >= 0.3 is 0 Å². The summed E-state index contributed by atoms with van der Waals surface area (Å²) < 4.78 is 24.9. The molecule has 4 rings (SSSR count). The second-order valence-electron chi connectivity index (χ2n) is 7.42. The van der Waals surface area contributed by atoms with Crippen LogP contribution in [0.25, 0.3) is 11.4 Å². The summed E-state index contributed by atoms with van der Waals surface area (Å²) in [7, 11) is -3.25. The molecule has 1 aromatic carbocycles. The third kappa shape index (κ3) is 3.92. The van der Waals surface area contributed by atoms with Gasteiger partial charge in [0.15, 0.2) is 20.8 Å². The van der Waals surface area contributed by atoms with Crippen molar-refractivity contribution in [2.45, 2.75) is 35.7 Å². The standard InChI is InChI=1S/C19H23N5O3S2/c20-16-11-15(19(7-8-19)29(26,27)14-5-6-14)23-17(24-16)12-1-3-13(4-2-12)22-18(28)21-9-10-25/h1-4,11,14,25H,5-10H2,(H2,20,23,24)(H2,21,22,28). The van der Waals surface area contributed by atoms with E-state index >= 15 is 0 Å². The average Bonchev–Trinajstić information content (AvgIpc) is 3.58. The fraction of sp³-hybridized carbons (Fsp3) is 0.421. The number of aliphatic hydroxyl groups excluding tert-OH is 1. The number of rotatable bonds is 7. The third-order valence-electron chi connectivity index (χ3n) is 5.22. The van der Waals surface area contributed by atoms with E-state index in [9.17, 15) is 8.42 Å². The molecule has 0 spiro atoms. The number of nitrogens with one attached hydrogen (secondary N) is 2. The van der Waals surface area contributed by atoms with Crippen LogP contribution in [-0.2, 0) is 14.6 Å². The SMILES string of the molecule is Nc1cc(C2(S(=O)(=O)C3CC3)CC2)nc(-c2ccc(NC(=S)NCCO)cc2)n1. The van der Waals surface area contributed by atoms with Gasteiger partial charge in [-0.25, -0.2) is 18.4 Å². The van der Waals surface area contributed by atoms with Crippen LogP contribution in [0.5, 0.6) is 0 Å². The number of anilines is 2. The van der Waals surface area contributed by atoms with Gasteiger partial charge in [-0.1, -0.05) is 0 Å². The summed E-state index contributed by atoms with van der Waals surface area (Å²) in [5, 5.41) is 14.9. The largest absolute Gasteiger partial charge is 0.395 e. The number of hydrogen-bond donors (Lipinski definition) is 4. The maximum Gasteiger partial charge on any atom is 0.170 e. The van der Waals surface area contributed by atoms with E-state index in [-0.39, 0.29) is 17.7 Å². The minimum absolute atomic E-state index is 0.00613. The van der Waals surface area contributed by atoms with Crippen LogP contribution >= 0.6 is 12.2 Å². The van der Waals surface area contributed by atoms with Crippen molar-refractivity contribution in [2.24, 2.45) is 0 Å². The molecule has 2 aliphatic carbocycles. The first kappa shape index (κ1) is 20.0. The Labute approximate surface area is 174 Å². The molecule has 2 aromatic rings. The minimum Gasteiger partial charge on any atom is -0.395 e. The van der Waals surface area contributed by atoms with Crippen molar-refractivity contribution >= 4 is 38.7 Å². The van der Waals surface area contributed by atoms with E-state index in [1.54, 1.807) is 6.07 Å². The van der Waals surface area contributed by atoms with E-state index in [2.05, 4.69) is 20.6 Å². The maximum atomic E-state index is 12.9. The van der Waals surface area contributed by atoms with Crippen LogP contribution in [0.3, 0.4) is 0 Å². The van der Waals surface area contributed by atoms with Gasteiger partial charge in [-0.05, 0) is 62.2 Å². The molecule has 29 heavy (non-hydrogen) atoms. The van der Waals surface area contributed by atoms with Crippen molar-refractivity contribution in [3.8, 4) is 11.4 Å². The van der Waals surface area contributed by atoms with Gasteiger partial charge in [-0.15, -0.1) is 0 Å². The number of nitrogens with two attached hydrogens (primary N) is 1. The van der Waals surface area contributed by atoms with Gasteiger partial charge in [0.05, 0.1) is 17.6 Å². The zero-order valence-corrected chi connectivity index (χ0v) is 17.4. The molecule has 0 atom stereocenters. The lowest BCUT2D eigenvalue weighted by Crippen LogP contribution is -2.30. The monoisotopic (exact) mass is 433 g/mol. The lowest BCUT2D eigenvalue weighted by atomic mass is 10.1. The lowest BCUT2D eigenvalue weighted by Gasteiger charge is -2.17. The molecule has 2 aliphatic rings. The fourth-order valence-corrected chi connectivity index (χ4v) is 6.06. The molecule has 0 amide bonds. The van der Waals surface area contributed by atoms with Gasteiger partial charge in [-0.3, -0.25) is 0 Å². The zero-order valence-electron chi connectivity index (χ0n) is 15.8. The van der Waals surface area contributed by atoms with Crippen molar-refractivity contribution in [3.63, 3.8) is 0 Å². The van der Waals surface area contributed by atoms with E-state index in [4.69, 9.17) is 23.1 Å². The van der Waals surface area contributed by atoms with Crippen molar-refractivity contribution in [1.29, 1.82) is 0 Å². The van der Waals surface area contributed by atoms with Crippen LogP contribution in [0.4, 0.5) is 11.5 Å². The van der Waals surface area contributed by atoms with Crippen LogP contribution in [0.2, 0.25) is 0 Å². The Bertz CT molecular complexity index is 1030. The van der Waals surface area contributed by atoms with Crippen LogP contribution in [-0.4, -0.2) is 47.0 Å².